The Morgan fingerprint density at radius 2 is 2.25 bits per heavy atom. The molecule has 2 aromatic rings. The molecule has 20 heavy (non-hydrogen) atoms. The zero-order chi connectivity index (χ0) is 13.7. The fourth-order valence-electron chi connectivity index (χ4n) is 3.87. The van der Waals surface area contributed by atoms with Gasteiger partial charge in [0.05, 0.1) is 0 Å². The van der Waals surface area contributed by atoms with Crippen LogP contribution in [-0.2, 0) is 10.8 Å². The molecule has 4 rings (SSSR count). The van der Waals surface area contributed by atoms with Crippen LogP contribution in [0.25, 0.3) is 11.1 Å². The van der Waals surface area contributed by atoms with Gasteiger partial charge in [-0.05, 0) is 55.2 Å². The topological polar surface area (TPSA) is 69.1 Å². The van der Waals surface area contributed by atoms with Crippen molar-refractivity contribution in [1.82, 2.24) is 4.98 Å². The molecule has 2 aliphatic carbocycles. The van der Waals surface area contributed by atoms with Crippen molar-refractivity contribution in [3.63, 3.8) is 0 Å². The summed E-state index contributed by atoms with van der Waals surface area (Å²) in [6, 6.07) is 5.32. The van der Waals surface area contributed by atoms with Gasteiger partial charge in [0.2, 0.25) is 0 Å². The lowest BCUT2D eigenvalue weighted by atomic mass is 9.90. The van der Waals surface area contributed by atoms with Crippen molar-refractivity contribution in [2.75, 3.05) is 11.5 Å². The SMILES string of the molecule is Nc1ccc2oc(S(=O)CC3CC4CCC3C4)nc2c1. The third-order valence-electron chi connectivity index (χ3n) is 4.84. The van der Waals surface area contributed by atoms with Crippen molar-refractivity contribution in [1.29, 1.82) is 0 Å². The molecule has 0 spiro atoms. The normalized spacial score (nSPS) is 30.1. The summed E-state index contributed by atoms with van der Waals surface area (Å²) < 4.78 is 18.1. The number of hydrogen-bond donors (Lipinski definition) is 1. The van der Waals surface area contributed by atoms with Crippen LogP contribution in [0.15, 0.2) is 27.8 Å². The summed E-state index contributed by atoms with van der Waals surface area (Å²) in [7, 11) is -1.13. The molecular weight excluding hydrogens is 272 g/mol. The van der Waals surface area contributed by atoms with Gasteiger partial charge >= 0.3 is 0 Å². The van der Waals surface area contributed by atoms with Crippen molar-refractivity contribution in [3.8, 4) is 0 Å². The number of nitrogen functional groups attached to an aromatic ring is 1. The van der Waals surface area contributed by atoms with E-state index in [2.05, 4.69) is 4.98 Å². The second-order valence-corrected chi connectivity index (χ2v) is 7.53. The molecule has 0 radical (unpaired) electrons. The van der Waals surface area contributed by atoms with E-state index in [4.69, 9.17) is 10.2 Å². The summed E-state index contributed by atoms with van der Waals surface area (Å²) in [5.41, 5.74) is 7.73. The first-order valence-corrected chi connectivity index (χ1v) is 8.55. The lowest BCUT2D eigenvalue weighted by Gasteiger charge is -2.19. The number of benzene rings is 1. The molecular formula is C15H18N2O2S. The smallest absolute Gasteiger partial charge is 0.287 e. The molecule has 1 aromatic carbocycles. The molecule has 2 saturated carbocycles. The highest BCUT2D eigenvalue weighted by Gasteiger charge is 2.40. The van der Waals surface area contributed by atoms with Gasteiger partial charge in [0, 0.05) is 11.4 Å². The number of nitrogens with zero attached hydrogens (tertiary/aromatic N) is 1. The average Bonchev–Trinajstić information content (AvgIpc) is 3.11. The van der Waals surface area contributed by atoms with Crippen LogP contribution >= 0.6 is 0 Å². The molecule has 2 aliphatic rings. The molecule has 2 fully saturated rings. The van der Waals surface area contributed by atoms with Crippen molar-refractivity contribution in [3.05, 3.63) is 18.2 Å². The number of oxazole rings is 1. The Morgan fingerprint density at radius 3 is 3.00 bits per heavy atom. The van der Waals surface area contributed by atoms with Crippen LogP contribution in [-0.4, -0.2) is 14.9 Å². The van der Waals surface area contributed by atoms with Gasteiger partial charge in [0.15, 0.2) is 5.58 Å². The zero-order valence-electron chi connectivity index (χ0n) is 11.2. The van der Waals surface area contributed by atoms with E-state index in [1.807, 2.05) is 0 Å². The fourth-order valence-corrected chi connectivity index (χ4v) is 5.19. The molecule has 0 saturated heterocycles. The van der Waals surface area contributed by atoms with E-state index in [1.165, 1.54) is 25.7 Å². The summed E-state index contributed by atoms with van der Waals surface area (Å²) >= 11 is 0. The van der Waals surface area contributed by atoms with Crippen LogP contribution in [0, 0.1) is 17.8 Å². The van der Waals surface area contributed by atoms with E-state index in [-0.39, 0.29) is 0 Å². The highest BCUT2D eigenvalue weighted by molar-refractivity contribution is 7.84. The van der Waals surface area contributed by atoms with Crippen molar-refractivity contribution in [2.24, 2.45) is 17.8 Å². The molecule has 1 heterocycles. The van der Waals surface area contributed by atoms with Crippen molar-refractivity contribution < 1.29 is 8.63 Å². The quantitative estimate of drug-likeness (QED) is 0.882. The Balaban J connectivity index is 1.54. The largest absolute Gasteiger partial charge is 0.430 e. The minimum Gasteiger partial charge on any atom is -0.430 e. The number of rotatable bonds is 3. The third-order valence-corrected chi connectivity index (χ3v) is 6.13. The van der Waals surface area contributed by atoms with Crippen LogP contribution < -0.4 is 5.73 Å². The van der Waals surface area contributed by atoms with Gasteiger partial charge in [-0.1, -0.05) is 6.42 Å². The molecule has 0 amide bonds. The first kappa shape index (κ1) is 12.4. The van der Waals surface area contributed by atoms with E-state index in [0.717, 1.165) is 11.8 Å². The Labute approximate surface area is 120 Å². The number of hydrogen-bond acceptors (Lipinski definition) is 4. The second kappa shape index (κ2) is 4.58. The number of fused-ring (bicyclic) bond motifs is 3. The van der Waals surface area contributed by atoms with Crippen LogP contribution in [0.4, 0.5) is 5.69 Å². The monoisotopic (exact) mass is 290 g/mol. The van der Waals surface area contributed by atoms with Gasteiger partial charge in [-0.25, -0.2) is 9.19 Å². The number of nitrogens with two attached hydrogens (primary N) is 1. The number of anilines is 1. The van der Waals surface area contributed by atoms with E-state index < -0.39 is 10.8 Å². The molecule has 1 aromatic heterocycles. The molecule has 2 bridgehead atoms. The predicted octanol–water partition coefficient (Wildman–Crippen LogP) is 2.95. The van der Waals surface area contributed by atoms with Crippen LogP contribution in [0.5, 0.6) is 0 Å². The van der Waals surface area contributed by atoms with Crippen LogP contribution in [0.3, 0.4) is 0 Å². The molecule has 5 heteroatoms. The highest BCUT2D eigenvalue weighted by Crippen LogP contribution is 2.48. The Bertz CT molecular complexity index is 682. The van der Waals surface area contributed by atoms with Gasteiger partial charge in [-0.15, -0.1) is 0 Å². The molecule has 4 atom stereocenters. The summed E-state index contributed by atoms with van der Waals surface area (Å²) in [6.45, 7) is 0. The summed E-state index contributed by atoms with van der Waals surface area (Å²) in [4.78, 5) is 4.33. The van der Waals surface area contributed by atoms with Crippen LogP contribution in [0.1, 0.15) is 25.7 Å². The Morgan fingerprint density at radius 1 is 1.35 bits per heavy atom. The predicted molar refractivity (Wildman–Crippen MR) is 78.6 cm³/mol. The molecule has 4 nitrogen and oxygen atoms in total. The van der Waals surface area contributed by atoms with Crippen molar-refractivity contribution >= 4 is 27.6 Å². The maximum atomic E-state index is 12.5. The zero-order valence-corrected chi connectivity index (χ0v) is 12.1. The van der Waals surface area contributed by atoms with Gasteiger partial charge in [-0.3, -0.25) is 0 Å². The molecule has 106 valence electrons. The molecule has 4 unspecified atom stereocenters. The second-order valence-electron chi connectivity index (χ2n) is 6.15. The minimum absolute atomic E-state index is 0.355. The summed E-state index contributed by atoms with van der Waals surface area (Å²) in [6.07, 6.45) is 5.27. The van der Waals surface area contributed by atoms with Crippen molar-refractivity contribution in [2.45, 2.75) is 30.9 Å². The van der Waals surface area contributed by atoms with Gasteiger partial charge < -0.3 is 10.2 Å². The lowest BCUT2D eigenvalue weighted by molar-refractivity contribution is 0.361. The molecule has 2 N–H and O–H groups in total. The van der Waals surface area contributed by atoms with Gasteiger partial charge in [0.1, 0.15) is 16.3 Å². The highest BCUT2D eigenvalue weighted by atomic mass is 32.2. The first-order valence-electron chi connectivity index (χ1n) is 7.23. The maximum Gasteiger partial charge on any atom is 0.287 e. The first-order chi connectivity index (χ1) is 9.69. The number of aromatic nitrogens is 1. The van der Waals surface area contributed by atoms with E-state index in [1.54, 1.807) is 18.2 Å². The van der Waals surface area contributed by atoms with E-state index >= 15 is 0 Å². The van der Waals surface area contributed by atoms with Gasteiger partial charge in [0.25, 0.3) is 5.22 Å². The maximum absolute atomic E-state index is 12.5. The summed E-state index contributed by atoms with van der Waals surface area (Å²) in [5, 5.41) is 0.355. The summed E-state index contributed by atoms with van der Waals surface area (Å²) in [5.74, 6) is 2.95. The fraction of sp³-hybridized carbons (Fsp3) is 0.533. The third kappa shape index (κ3) is 2.04. The standard InChI is InChI=1S/C15H18N2O2S/c16-12-3-4-14-13(7-12)17-15(19-14)20(18)8-11-6-9-1-2-10(11)5-9/h3-4,7,9-11H,1-2,5-6,8,16H2. The minimum atomic E-state index is -1.13. The Hall–Kier alpha value is -1.36. The average molecular weight is 290 g/mol. The Kier molecular flexibility index (Phi) is 2.84. The molecule has 0 aliphatic heterocycles. The van der Waals surface area contributed by atoms with E-state index in [9.17, 15) is 4.21 Å². The van der Waals surface area contributed by atoms with E-state index in [0.29, 0.717) is 33.7 Å². The lowest BCUT2D eigenvalue weighted by Crippen LogP contribution is -2.18. The van der Waals surface area contributed by atoms with Gasteiger partial charge in [-0.2, -0.15) is 0 Å². The van der Waals surface area contributed by atoms with Crippen LogP contribution in [0.2, 0.25) is 0 Å².